The summed E-state index contributed by atoms with van der Waals surface area (Å²) >= 11 is 0. The van der Waals surface area contributed by atoms with Crippen LogP contribution in [0.5, 0.6) is 0 Å². The Balaban J connectivity index is 2.92. The number of nitrogens with one attached hydrogen (secondary N) is 1. The van der Waals surface area contributed by atoms with Crippen LogP contribution in [0.25, 0.3) is 0 Å². The van der Waals surface area contributed by atoms with E-state index in [2.05, 4.69) is 5.32 Å². The van der Waals surface area contributed by atoms with Crippen molar-refractivity contribution in [3.05, 3.63) is 0 Å². The number of halogens is 3. The summed E-state index contributed by atoms with van der Waals surface area (Å²) in [6.07, 6.45) is -3.66. The van der Waals surface area contributed by atoms with Gasteiger partial charge in [-0.1, -0.05) is 6.92 Å². The molecule has 1 saturated heterocycles. The molecule has 0 spiro atoms. The summed E-state index contributed by atoms with van der Waals surface area (Å²) in [5.41, 5.74) is -2.45. The Morgan fingerprint density at radius 2 is 2.00 bits per heavy atom. The summed E-state index contributed by atoms with van der Waals surface area (Å²) in [7, 11) is 1.37. The van der Waals surface area contributed by atoms with E-state index >= 15 is 0 Å². The van der Waals surface area contributed by atoms with Crippen LogP contribution in [0.3, 0.4) is 0 Å². The summed E-state index contributed by atoms with van der Waals surface area (Å²) in [6.45, 7) is 3.75. The van der Waals surface area contributed by atoms with Gasteiger partial charge in [0.25, 0.3) is 0 Å². The van der Waals surface area contributed by atoms with E-state index in [1.807, 2.05) is 6.92 Å². The van der Waals surface area contributed by atoms with Gasteiger partial charge in [-0.05, 0) is 26.8 Å². The lowest BCUT2D eigenvalue weighted by atomic mass is 9.79. The van der Waals surface area contributed by atoms with Gasteiger partial charge in [-0.25, -0.2) is 0 Å². The summed E-state index contributed by atoms with van der Waals surface area (Å²) in [5, 5.41) is 2.44. The Morgan fingerprint density at radius 3 is 2.40 bits per heavy atom. The average molecular weight is 225 g/mol. The minimum atomic E-state index is -4.22. The fraction of sp³-hybridized carbons (Fsp3) is 1.00. The molecule has 1 rings (SSSR count). The highest BCUT2D eigenvalue weighted by molar-refractivity contribution is 5.02. The predicted molar refractivity (Wildman–Crippen MR) is 51.7 cm³/mol. The number of hydrogen-bond donors (Lipinski definition) is 1. The van der Waals surface area contributed by atoms with Gasteiger partial charge in [0.05, 0.1) is 5.60 Å². The molecule has 90 valence electrons. The van der Waals surface area contributed by atoms with Crippen LogP contribution in [0.1, 0.15) is 33.1 Å². The molecule has 0 aromatic carbocycles. The zero-order valence-electron chi connectivity index (χ0n) is 9.37. The Bertz CT molecular complexity index is 231. The molecule has 2 nitrogen and oxygen atoms in total. The maximum atomic E-state index is 13.0. The first-order chi connectivity index (χ1) is 6.79. The third kappa shape index (κ3) is 2.28. The Labute approximate surface area is 88.2 Å². The highest BCUT2D eigenvalue weighted by atomic mass is 19.4. The van der Waals surface area contributed by atoms with Crippen molar-refractivity contribution < 1.29 is 17.9 Å². The third-order valence-corrected chi connectivity index (χ3v) is 3.42. The zero-order valence-corrected chi connectivity index (χ0v) is 9.37. The van der Waals surface area contributed by atoms with Crippen molar-refractivity contribution in [1.82, 2.24) is 5.32 Å². The monoisotopic (exact) mass is 225 g/mol. The van der Waals surface area contributed by atoms with Gasteiger partial charge in [-0.15, -0.1) is 0 Å². The van der Waals surface area contributed by atoms with Crippen molar-refractivity contribution in [2.45, 2.75) is 50.4 Å². The average Bonchev–Trinajstić information content (AvgIpc) is 2.16. The lowest BCUT2D eigenvalue weighted by molar-refractivity contribution is -0.238. The molecule has 0 aromatic heterocycles. The standard InChI is InChI=1S/C10H18F3NO/c1-4-8(2)7-9(14-3,5-6-15-8)10(11,12)13/h14H,4-7H2,1-3H3. The van der Waals surface area contributed by atoms with Crippen LogP contribution in [-0.2, 0) is 4.74 Å². The summed E-state index contributed by atoms with van der Waals surface area (Å²) in [6, 6.07) is 0. The maximum absolute atomic E-state index is 13.0. The second-order valence-corrected chi connectivity index (χ2v) is 4.41. The van der Waals surface area contributed by atoms with Gasteiger partial charge in [-0.2, -0.15) is 13.2 Å². The van der Waals surface area contributed by atoms with Crippen LogP contribution in [0.2, 0.25) is 0 Å². The molecular formula is C10H18F3NO. The minimum absolute atomic E-state index is 0.0113. The molecular weight excluding hydrogens is 207 g/mol. The Kier molecular flexibility index (Phi) is 3.36. The smallest absolute Gasteiger partial charge is 0.375 e. The van der Waals surface area contributed by atoms with Gasteiger partial charge in [0, 0.05) is 13.0 Å². The van der Waals surface area contributed by atoms with Crippen LogP contribution in [-0.4, -0.2) is 31.0 Å². The molecule has 0 aromatic rings. The van der Waals surface area contributed by atoms with Gasteiger partial charge in [0.2, 0.25) is 0 Å². The van der Waals surface area contributed by atoms with Crippen LogP contribution < -0.4 is 5.32 Å². The first kappa shape index (κ1) is 12.8. The molecule has 0 aliphatic carbocycles. The number of ether oxygens (including phenoxy) is 1. The van der Waals surface area contributed by atoms with Gasteiger partial charge in [0.1, 0.15) is 5.54 Å². The van der Waals surface area contributed by atoms with E-state index < -0.39 is 17.3 Å². The zero-order chi connectivity index (χ0) is 11.7. The molecule has 15 heavy (non-hydrogen) atoms. The first-order valence-corrected chi connectivity index (χ1v) is 5.18. The molecule has 1 N–H and O–H groups in total. The third-order valence-electron chi connectivity index (χ3n) is 3.42. The van der Waals surface area contributed by atoms with Crippen molar-refractivity contribution in [2.75, 3.05) is 13.7 Å². The molecule has 1 heterocycles. The van der Waals surface area contributed by atoms with Crippen LogP contribution in [0.15, 0.2) is 0 Å². The van der Waals surface area contributed by atoms with Gasteiger partial charge >= 0.3 is 6.18 Å². The van der Waals surface area contributed by atoms with E-state index in [0.29, 0.717) is 6.42 Å². The number of rotatable bonds is 2. The predicted octanol–water partition coefficient (Wildman–Crippen LogP) is 2.49. The molecule has 5 heteroatoms. The SMILES string of the molecule is CCC1(C)CC(NC)(C(F)(F)F)CCO1. The van der Waals surface area contributed by atoms with E-state index in [9.17, 15) is 13.2 Å². The lowest BCUT2D eigenvalue weighted by Gasteiger charge is -2.46. The van der Waals surface area contributed by atoms with Crippen molar-refractivity contribution in [2.24, 2.45) is 0 Å². The lowest BCUT2D eigenvalue weighted by Crippen LogP contribution is -2.62. The molecule has 0 amide bonds. The molecule has 1 aliphatic heterocycles. The van der Waals surface area contributed by atoms with Crippen LogP contribution in [0, 0.1) is 0 Å². The van der Waals surface area contributed by atoms with E-state index in [1.54, 1.807) is 6.92 Å². The largest absolute Gasteiger partial charge is 0.406 e. The molecule has 0 bridgehead atoms. The maximum Gasteiger partial charge on any atom is 0.406 e. The van der Waals surface area contributed by atoms with E-state index in [4.69, 9.17) is 4.74 Å². The molecule has 1 aliphatic rings. The van der Waals surface area contributed by atoms with E-state index in [-0.39, 0.29) is 19.4 Å². The van der Waals surface area contributed by atoms with E-state index in [0.717, 1.165) is 0 Å². The second-order valence-electron chi connectivity index (χ2n) is 4.41. The first-order valence-electron chi connectivity index (χ1n) is 5.18. The number of hydrogen-bond acceptors (Lipinski definition) is 2. The minimum Gasteiger partial charge on any atom is -0.375 e. The fourth-order valence-corrected chi connectivity index (χ4v) is 2.07. The Hall–Kier alpha value is -0.290. The van der Waals surface area contributed by atoms with Crippen LogP contribution >= 0.6 is 0 Å². The summed E-state index contributed by atoms with van der Waals surface area (Å²) < 4.78 is 44.3. The highest BCUT2D eigenvalue weighted by Crippen LogP contribution is 2.43. The normalized spacial score (nSPS) is 38.0. The fourth-order valence-electron chi connectivity index (χ4n) is 2.07. The van der Waals surface area contributed by atoms with Crippen molar-refractivity contribution in [3.8, 4) is 0 Å². The van der Waals surface area contributed by atoms with E-state index in [1.165, 1.54) is 7.05 Å². The van der Waals surface area contributed by atoms with Crippen molar-refractivity contribution in [1.29, 1.82) is 0 Å². The van der Waals surface area contributed by atoms with Gasteiger partial charge in [-0.3, -0.25) is 0 Å². The molecule has 0 saturated carbocycles. The number of alkyl halides is 3. The molecule has 1 fully saturated rings. The van der Waals surface area contributed by atoms with Crippen LogP contribution in [0.4, 0.5) is 13.2 Å². The highest BCUT2D eigenvalue weighted by Gasteiger charge is 2.58. The summed E-state index contributed by atoms with van der Waals surface area (Å²) in [5.74, 6) is 0. The summed E-state index contributed by atoms with van der Waals surface area (Å²) in [4.78, 5) is 0. The molecule has 0 radical (unpaired) electrons. The quantitative estimate of drug-likeness (QED) is 0.779. The van der Waals surface area contributed by atoms with Crippen molar-refractivity contribution >= 4 is 0 Å². The topological polar surface area (TPSA) is 21.3 Å². The van der Waals surface area contributed by atoms with Gasteiger partial charge in [0.15, 0.2) is 0 Å². The second kappa shape index (κ2) is 3.94. The van der Waals surface area contributed by atoms with Crippen molar-refractivity contribution in [3.63, 3.8) is 0 Å². The Morgan fingerprint density at radius 1 is 1.40 bits per heavy atom. The molecule has 2 atom stereocenters. The van der Waals surface area contributed by atoms with Gasteiger partial charge < -0.3 is 10.1 Å². The molecule has 2 unspecified atom stereocenters.